The van der Waals surface area contributed by atoms with Crippen LogP contribution in [-0.2, 0) is 20.9 Å². The molecule has 4 aromatic rings. The van der Waals surface area contributed by atoms with Crippen molar-refractivity contribution in [1.29, 1.82) is 0 Å². The quantitative estimate of drug-likeness (QED) is 0.211. The average molecular weight is 671 g/mol. The van der Waals surface area contributed by atoms with Gasteiger partial charge in [-0.05, 0) is 73.0 Å². The molecule has 1 atom stereocenters. The first-order chi connectivity index (χ1) is 22.0. The number of hydrogen-bond donors (Lipinski definition) is 0. The van der Waals surface area contributed by atoms with Crippen molar-refractivity contribution in [2.24, 2.45) is 4.99 Å². The number of benzene rings is 3. The summed E-state index contributed by atoms with van der Waals surface area (Å²) in [5.41, 5.74) is -0.868. The Bertz CT molecular complexity index is 1980. The number of thiazole rings is 1. The van der Waals surface area contributed by atoms with Crippen LogP contribution < -0.4 is 19.6 Å². The van der Waals surface area contributed by atoms with Gasteiger partial charge in [0.15, 0.2) is 10.5 Å². The summed E-state index contributed by atoms with van der Waals surface area (Å²) in [6, 6.07) is 17.9. The van der Waals surface area contributed by atoms with E-state index in [0.717, 1.165) is 21.5 Å². The smallest absolute Gasteiger partial charge is 0.434 e. The summed E-state index contributed by atoms with van der Waals surface area (Å²) in [4.78, 5) is 42.2. The number of alkyl halides is 3. The van der Waals surface area contributed by atoms with Gasteiger partial charge in [-0.15, -0.1) is 0 Å². The van der Waals surface area contributed by atoms with E-state index in [1.54, 1.807) is 55.5 Å². The van der Waals surface area contributed by atoms with E-state index in [-0.39, 0.29) is 34.7 Å². The van der Waals surface area contributed by atoms with Gasteiger partial charge in [-0.3, -0.25) is 9.36 Å². The summed E-state index contributed by atoms with van der Waals surface area (Å²) in [7, 11) is 0. The molecule has 0 fully saturated rings. The van der Waals surface area contributed by atoms with E-state index < -0.39 is 41.0 Å². The van der Waals surface area contributed by atoms with E-state index in [9.17, 15) is 27.6 Å². The van der Waals surface area contributed by atoms with E-state index in [0.29, 0.717) is 21.9 Å². The fourth-order valence-electron chi connectivity index (χ4n) is 4.76. The van der Waals surface area contributed by atoms with Crippen LogP contribution >= 0.6 is 22.9 Å². The molecule has 13 heteroatoms. The van der Waals surface area contributed by atoms with Crippen LogP contribution in [-0.4, -0.2) is 35.9 Å². The number of allylic oxidation sites excluding steroid dienone is 1. The Morgan fingerprint density at radius 2 is 1.65 bits per heavy atom. The van der Waals surface area contributed by atoms with Gasteiger partial charge in [0.05, 0.1) is 34.9 Å². The predicted octanol–water partition coefficient (Wildman–Crippen LogP) is 5.75. The minimum atomic E-state index is -5.01. The molecule has 0 bridgehead atoms. The maximum absolute atomic E-state index is 14.3. The Kier molecular flexibility index (Phi) is 9.78. The first kappa shape index (κ1) is 32.7. The number of rotatable bonds is 9. The number of aromatic nitrogens is 1. The topological polar surface area (TPSA) is 96.2 Å². The number of carbonyl (C=O) groups is 2. The average Bonchev–Trinajstić information content (AvgIpc) is 3.34. The Morgan fingerprint density at radius 3 is 2.30 bits per heavy atom. The van der Waals surface area contributed by atoms with Crippen LogP contribution in [0.3, 0.4) is 0 Å². The van der Waals surface area contributed by atoms with Crippen molar-refractivity contribution in [3.8, 4) is 5.75 Å². The third-order valence-corrected chi connectivity index (χ3v) is 8.04. The van der Waals surface area contributed by atoms with E-state index in [1.165, 1.54) is 37.3 Å². The van der Waals surface area contributed by atoms with Gasteiger partial charge < -0.3 is 14.2 Å². The molecule has 1 aliphatic heterocycles. The molecular formula is C33H26ClF3N2O6S. The lowest BCUT2D eigenvalue weighted by molar-refractivity contribution is -0.140. The third-order valence-electron chi connectivity index (χ3n) is 6.81. The Morgan fingerprint density at radius 1 is 0.978 bits per heavy atom. The molecule has 0 amide bonds. The van der Waals surface area contributed by atoms with Crippen LogP contribution in [0.15, 0.2) is 93.9 Å². The van der Waals surface area contributed by atoms with Gasteiger partial charge >= 0.3 is 18.1 Å². The van der Waals surface area contributed by atoms with Crippen molar-refractivity contribution in [2.45, 2.75) is 32.7 Å². The van der Waals surface area contributed by atoms with Crippen molar-refractivity contribution in [3.63, 3.8) is 0 Å². The number of hydrogen-bond acceptors (Lipinski definition) is 8. The Labute approximate surface area is 269 Å². The van der Waals surface area contributed by atoms with Crippen LogP contribution in [0.2, 0.25) is 5.02 Å². The van der Waals surface area contributed by atoms with Gasteiger partial charge in [0.2, 0.25) is 0 Å². The van der Waals surface area contributed by atoms with Crippen LogP contribution in [0.5, 0.6) is 5.75 Å². The minimum absolute atomic E-state index is 0.0936. The second-order valence-electron chi connectivity index (χ2n) is 9.89. The SMILES string of the molecule is CCOC(=O)C1=C(C(F)(F)F)N=c2s/c(=C\c3cccc(OCc4ccc(C(=O)OCC)cc4)c3)c(=O)n2[C@H]1c1ccc(Cl)cc1. The number of ether oxygens (including phenoxy) is 3. The van der Waals surface area contributed by atoms with Gasteiger partial charge in [0.25, 0.3) is 5.56 Å². The zero-order chi connectivity index (χ0) is 33.0. The van der Waals surface area contributed by atoms with Gasteiger partial charge in [-0.25, -0.2) is 14.6 Å². The number of fused-ring (bicyclic) bond motifs is 1. The van der Waals surface area contributed by atoms with Crippen molar-refractivity contribution in [2.75, 3.05) is 13.2 Å². The predicted molar refractivity (Wildman–Crippen MR) is 165 cm³/mol. The zero-order valence-corrected chi connectivity index (χ0v) is 26.0. The highest BCUT2D eigenvalue weighted by Gasteiger charge is 2.45. The molecule has 238 valence electrons. The second kappa shape index (κ2) is 13.8. The molecule has 2 heterocycles. The maximum atomic E-state index is 14.3. The number of carbonyl (C=O) groups excluding carboxylic acids is 2. The molecule has 46 heavy (non-hydrogen) atoms. The molecule has 8 nitrogen and oxygen atoms in total. The number of halogens is 4. The van der Waals surface area contributed by atoms with Crippen molar-refractivity contribution in [1.82, 2.24) is 4.57 Å². The monoisotopic (exact) mass is 670 g/mol. The van der Waals surface area contributed by atoms with Gasteiger partial charge in [-0.2, -0.15) is 13.2 Å². The Hall–Kier alpha value is -4.68. The molecule has 0 unspecified atom stereocenters. The Balaban J connectivity index is 1.52. The largest absolute Gasteiger partial charge is 0.489 e. The molecule has 5 rings (SSSR count). The number of esters is 2. The summed E-state index contributed by atoms with van der Waals surface area (Å²) >= 11 is 6.79. The van der Waals surface area contributed by atoms with Crippen molar-refractivity contribution in [3.05, 3.63) is 131 Å². The van der Waals surface area contributed by atoms with Crippen LogP contribution in [0, 0.1) is 0 Å². The van der Waals surface area contributed by atoms with Gasteiger partial charge in [0.1, 0.15) is 12.4 Å². The lowest BCUT2D eigenvalue weighted by atomic mass is 9.95. The lowest BCUT2D eigenvalue weighted by Gasteiger charge is -2.26. The molecular weight excluding hydrogens is 645 g/mol. The molecule has 0 saturated heterocycles. The molecule has 0 aliphatic carbocycles. The molecule has 1 aliphatic rings. The first-order valence-corrected chi connectivity index (χ1v) is 15.2. The third kappa shape index (κ3) is 7.08. The van der Waals surface area contributed by atoms with Gasteiger partial charge in [-0.1, -0.05) is 59.3 Å². The van der Waals surface area contributed by atoms with Gasteiger partial charge in [0, 0.05) is 5.02 Å². The second-order valence-corrected chi connectivity index (χ2v) is 11.3. The normalized spacial score (nSPS) is 14.8. The lowest BCUT2D eigenvalue weighted by Crippen LogP contribution is -2.41. The maximum Gasteiger partial charge on any atom is 0.434 e. The molecule has 0 radical (unpaired) electrons. The zero-order valence-electron chi connectivity index (χ0n) is 24.5. The summed E-state index contributed by atoms with van der Waals surface area (Å²) in [6.45, 7) is 3.48. The van der Waals surface area contributed by atoms with E-state index in [1.807, 2.05) is 0 Å². The van der Waals surface area contributed by atoms with E-state index in [4.69, 9.17) is 25.8 Å². The molecule has 0 spiro atoms. The summed E-state index contributed by atoms with van der Waals surface area (Å²) < 4.78 is 60.0. The summed E-state index contributed by atoms with van der Waals surface area (Å²) in [5, 5.41) is 0.324. The summed E-state index contributed by atoms with van der Waals surface area (Å²) in [5.74, 6) is -1.17. The summed E-state index contributed by atoms with van der Waals surface area (Å²) in [6.07, 6.45) is -3.49. The van der Waals surface area contributed by atoms with Crippen LogP contribution in [0.1, 0.15) is 46.9 Å². The van der Waals surface area contributed by atoms with Crippen molar-refractivity contribution >= 4 is 41.0 Å². The van der Waals surface area contributed by atoms with Crippen LogP contribution in [0.25, 0.3) is 6.08 Å². The van der Waals surface area contributed by atoms with E-state index in [2.05, 4.69) is 4.99 Å². The minimum Gasteiger partial charge on any atom is -0.489 e. The fourth-order valence-corrected chi connectivity index (χ4v) is 5.89. The first-order valence-electron chi connectivity index (χ1n) is 14.0. The highest BCUT2D eigenvalue weighted by atomic mass is 35.5. The van der Waals surface area contributed by atoms with Crippen molar-refractivity contribution < 1.29 is 37.0 Å². The number of nitrogens with zero attached hydrogens (tertiary/aromatic N) is 2. The standard InChI is InChI=1S/C33H26ClF3N2O6S/c1-3-43-30(41)22-10-8-19(9-11-22)18-45-24-7-5-6-20(16-24)17-25-29(40)39-27(21-12-14-23(34)15-13-21)26(31(42)44-4-2)28(33(35,36)37)38-32(39)46-25/h5-17,27H,3-4,18H2,1-2H3/b25-17-/t27-/m0/s1. The molecule has 3 aromatic carbocycles. The molecule has 0 saturated carbocycles. The molecule has 0 N–H and O–H groups in total. The molecule has 1 aromatic heterocycles. The van der Waals surface area contributed by atoms with E-state index >= 15 is 0 Å². The fraction of sp³-hybridized carbons (Fsp3) is 0.212. The van der Waals surface area contributed by atoms with Crippen LogP contribution in [0.4, 0.5) is 13.2 Å². The highest BCUT2D eigenvalue weighted by molar-refractivity contribution is 7.07. The highest BCUT2D eigenvalue weighted by Crippen LogP contribution is 2.38.